The van der Waals surface area contributed by atoms with Gasteiger partial charge in [-0.2, -0.15) is 0 Å². The Kier molecular flexibility index (Phi) is 12.3. The highest BCUT2D eigenvalue weighted by Gasteiger charge is 2.59. The molecule has 10 unspecified atom stereocenters. The molecule has 0 radical (unpaired) electrons. The minimum absolute atomic E-state index is 0.0501. The fourth-order valence-corrected chi connectivity index (χ4v) is 12.8. The molecule has 10 atom stereocenters. The molecular formula is C52H62N3O13+. The van der Waals surface area contributed by atoms with Crippen molar-refractivity contribution in [1.29, 1.82) is 0 Å². The van der Waals surface area contributed by atoms with Gasteiger partial charge in [0.15, 0.2) is 11.2 Å². The van der Waals surface area contributed by atoms with Crippen molar-refractivity contribution in [2.45, 2.75) is 133 Å². The molecule has 1 aromatic heterocycles. The van der Waals surface area contributed by atoms with Crippen LogP contribution in [0.3, 0.4) is 0 Å². The minimum Gasteiger partial charge on any atom is -0.508 e. The second-order valence-electron chi connectivity index (χ2n) is 20.2. The summed E-state index contributed by atoms with van der Waals surface area (Å²) in [6.45, 7) is 2.76. The van der Waals surface area contributed by atoms with Crippen molar-refractivity contribution in [3.05, 3.63) is 93.1 Å². The first-order valence-corrected chi connectivity index (χ1v) is 24.2. The number of aliphatic hydroxyl groups is 5. The molecule has 0 bridgehead atoms. The molecule has 3 fully saturated rings. The first-order chi connectivity index (χ1) is 32.7. The molecule has 5 heterocycles. The number of aliphatic imine (C=N–C) groups is 1. The highest BCUT2D eigenvalue weighted by Crippen LogP contribution is 2.56. The molecule has 362 valence electrons. The predicted octanol–water partition coefficient (Wildman–Crippen LogP) is 3.75. The third kappa shape index (κ3) is 7.82. The molecule has 10 rings (SSSR count). The first-order valence-electron chi connectivity index (χ1n) is 24.2. The maximum atomic E-state index is 13.9. The highest BCUT2D eigenvalue weighted by molar-refractivity contribution is 5.92. The van der Waals surface area contributed by atoms with Gasteiger partial charge in [0.05, 0.1) is 17.4 Å². The first kappa shape index (κ1) is 46.6. The summed E-state index contributed by atoms with van der Waals surface area (Å²) in [6.07, 6.45) is 6.92. The number of aliphatic hydroxyl groups excluding tert-OH is 4. The summed E-state index contributed by atoms with van der Waals surface area (Å²) in [5.74, 6) is 1.05. The Morgan fingerprint density at radius 3 is 2.59 bits per heavy atom. The van der Waals surface area contributed by atoms with E-state index in [1.165, 1.54) is 36.4 Å². The number of amides is 1. The molecule has 6 aliphatic rings. The fraction of sp³-hybridized carbons (Fsp3) is 0.519. The molecule has 16 heteroatoms. The number of quaternary nitrogens is 1. The number of aromatic hydroxyl groups is 2. The van der Waals surface area contributed by atoms with Gasteiger partial charge >= 0.3 is 0 Å². The quantitative estimate of drug-likeness (QED) is 0.0686. The van der Waals surface area contributed by atoms with E-state index in [2.05, 4.69) is 23.4 Å². The zero-order valence-corrected chi connectivity index (χ0v) is 38.4. The summed E-state index contributed by atoms with van der Waals surface area (Å²) < 4.78 is 14.0. The van der Waals surface area contributed by atoms with E-state index in [-0.39, 0.29) is 47.1 Å². The van der Waals surface area contributed by atoms with Gasteiger partial charge in [-0.05, 0) is 105 Å². The summed E-state index contributed by atoms with van der Waals surface area (Å²) in [5.41, 5.74) is -0.0914. The number of phenolic OH excluding ortho intramolecular Hbond substituents is 2. The standard InChI is InChI=1S/C52H61N3O13/c1-3-39-34-13-17-53-38(34)25-55(39)44-46-31(19-36-41(59)18-28(2)66-47(36)44)20-43(52(67-46)16-7-8-30(23-52)37-24-54-49(63)50(37)14-5-4-6-15-50)68-65-27-51(64,48(62)45(61)42(60)26-56)22-29-9-12-40(58)33-11-10-32(57)21-35(29)33/h9-13,17-19,21,25,30,37,39,42-43,45,48,56-58,60-62,64H,3-8,14-16,20,22-24,26-27H2,1-2H3,(H,54,63)/p+1. The number of carbonyl (C=O) groups excluding carboxylic acids is 1. The zero-order valence-electron chi connectivity index (χ0n) is 38.4. The summed E-state index contributed by atoms with van der Waals surface area (Å²) >= 11 is 0. The Morgan fingerprint density at radius 1 is 1.00 bits per heavy atom. The van der Waals surface area contributed by atoms with E-state index in [4.69, 9.17) is 18.9 Å². The third-order valence-electron chi connectivity index (χ3n) is 16.2. The van der Waals surface area contributed by atoms with Gasteiger partial charge in [-0.3, -0.25) is 19.5 Å². The summed E-state index contributed by atoms with van der Waals surface area (Å²) in [7, 11) is 0. The number of phenols is 2. The second kappa shape index (κ2) is 18.0. The topological polar surface area (TPSA) is 245 Å². The summed E-state index contributed by atoms with van der Waals surface area (Å²) in [6, 6.07) is 10.4. The van der Waals surface area contributed by atoms with Crippen LogP contribution >= 0.6 is 0 Å². The molecular weight excluding hydrogens is 875 g/mol. The lowest BCUT2D eigenvalue weighted by atomic mass is 9.59. The monoisotopic (exact) mass is 936 g/mol. The fourth-order valence-electron chi connectivity index (χ4n) is 12.8. The van der Waals surface area contributed by atoms with Gasteiger partial charge in [0.1, 0.15) is 77.4 Å². The Bertz CT molecular complexity index is 2780. The van der Waals surface area contributed by atoms with E-state index in [9.17, 15) is 45.3 Å². The van der Waals surface area contributed by atoms with Crippen LogP contribution in [-0.2, 0) is 27.4 Å². The van der Waals surface area contributed by atoms with Crippen LogP contribution in [0.5, 0.6) is 17.2 Å². The average molecular weight is 937 g/mol. The van der Waals surface area contributed by atoms with Gasteiger partial charge in [0.25, 0.3) is 0 Å². The Labute approximate surface area is 393 Å². The molecule has 68 heavy (non-hydrogen) atoms. The lowest BCUT2D eigenvalue weighted by molar-refractivity contribution is -0.793. The van der Waals surface area contributed by atoms with E-state index in [0.717, 1.165) is 67.5 Å². The van der Waals surface area contributed by atoms with Gasteiger partial charge in [0.2, 0.25) is 17.2 Å². The Hall–Kier alpha value is -5.17. The number of ether oxygens (including phenoxy) is 1. The number of allylic oxidation sites excluding steroid dienone is 1. The zero-order chi connectivity index (χ0) is 47.7. The van der Waals surface area contributed by atoms with Gasteiger partial charge < -0.3 is 50.2 Å². The van der Waals surface area contributed by atoms with Gasteiger partial charge in [-0.15, -0.1) is 0 Å². The molecule has 1 saturated heterocycles. The van der Waals surface area contributed by atoms with Crippen LogP contribution in [0.15, 0.2) is 80.2 Å². The number of rotatable bonds is 13. The number of nitrogens with zero attached hydrogens (tertiary/aromatic N) is 1. The van der Waals surface area contributed by atoms with Crippen LogP contribution in [0.2, 0.25) is 0 Å². The molecule has 2 spiro atoms. The van der Waals surface area contributed by atoms with Crippen molar-refractivity contribution in [2.75, 3.05) is 19.8 Å². The number of hydrogen-bond acceptors (Lipinski definition) is 14. The van der Waals surface area contributed by atoms with E-state index in [1.807, 2.05) is 6.08 Å². The SMILES string of the molecule is CCC1C2=CC=NC2=C[NH+]1c1c2c(cc3c(=O)cc(C)oc13)CC(OOCC(O)(Cc1ccc(O)c3ccc(O)cc13)C(O)C(O)C(O)CO)C1(CCCC(C3CNC(=O)C34CCCCC4)C1)O2. The van der Waals surface area contributed by atoms with E-state index >= 15 is 0 Å². The number of aryl methyl sites for hydroxylation is 1. The van der Waals surface area contributed by atoms with E-state index in [0.29, 0.717) is 69.5 Å². The maximum Gasteiger partial charge on any atom is 0.226 e. The van der Waals surface area contributed by atoms with Crippen molar-refractivity contribution in [3.63, 3.8) is 0 Å². The van der Waals surface area contributed by atoms with Crippen LogP contribution < -0.4 is 20.4 Å². The van der Waals surface area contributed by atoms with Gasteiger partial charge in [0, 0.05) is 54.6 Å². The Balaban J connectivity index is 1.06. The average Bonchev–Trinajstić information content (AvgIpc) is 4.02. The van der Waals surface area contributed by atoms with Crippen LogP contribution in [0.25, 0.3) is 21.7 Å². The maximum absolute atomic E-state index is 13.9. The molecule has 16 nitrogen and oxygen atoms in total. The lowest BCUT2D eigenvalue weighted by Crippen LogP contribution is -3.05. The Morgan fingerprint density at radius 2 is 1.81 bits per heavy atom. The van der Waals surface area contributed by atoms with Crippen LogP contribution in [0, 0.1) is 24.2 Å². The number of fused-ring (bicyclic) bond motifs is 4. The molecule has 1 amide bonds. The van der Waals surface area contributed by atoms with E-state index in [1.54, 1.807) is 19.2 Å². The van der Waals surface area contributed by atoms with Crippen molar-refractivity contribution in [2.24, 2.45) is 22.2 Å². The van der Waals surface area contributed by atoms with E-state index < -0.39 is 60.7 Å². The van der Waals surface area contributed by atoms with Crippen molar-refractivity contribution in [1.82, 2.24) is 5.32 Å². The van der Waals surface area contributed by atoms with Crippen molar-refractivity contribution in [3.8, 4) is 17.2 Å². The van der Waals surface area contributed by atoms with Crippen LogP contribution in [-0.4, -0.2) is 109 Å². The number of carbonyl (C=O) groups is 1. The highest BCUT2D eigenvalue weighted by atomic mass is 17.2. The number of hydrogen-bond donors (Lipinski definition) is 9. The minimum atomic E-state index is -2.40. The lowest BCUT2D eigenvalue weighted by Gasteiger charge is -2.51. The molecule has 3 aromatic carbocycles. The summed E-state index contributed by atoms with van der Waals surface area (Å²) in [4.78, 5) is 45.9. The molecule has 2 saturated carbocycles. The largest absolute Gasteiger partial charge is 0.508 e. The normalized spacial score (nSPS) is 28.5. The predicted molar refractivity (Wildman–Crippen MR) is 249 cm³/mol. The van der Waals surface area contributed by atoms with Crippen LogP contribution in [0.1, 0.15) is 88.0 Å². The second-order valence-corrected chi connectivity index (χ2v) is 20.2. The molecule has 4 aromatic rings. The molecule has 9 N–H and O–H groups in total. The van der Waals surface area contributed by atoms with Gasteiger partial charge in [-0.25, -0.2) is 9.78 Å². The van der Waals surface area contributed by atoms with Crippen LogP contribution in [0.4, 0.5) is 5.69 Å². The molecule has 2 aliphatic carbocycles. The smallest absolute Gasteiger partial charge is 0.226 e. The number of benzene rings is 3. The van der Waals surface area contributed by atoms with Crippen molar-refractivity contribution >= 4 is 39.6 Å². The number of nitrogens with one attached hydrogen (secondary N) is 2. The molecule has 4 aliphatic heterocycles. The van der Waals surface area contributed by atoms with Crippen molar-refractivity contribution < 1.29 is 64.4 Å². The third-order valence-corrected chi connectivity index (χ3v) is 16.2. The van der Waals surface area contributed by atoms with Gasteiger partial charge in [-0.1, -0.05) is 32.3 Å². The summed E-state index contributed by atoms with van der Waals surface area (Å²) in [5, 5.41) is 80.8.